The van der Waals surface area contributed by atoms with Gasteiger partial charge in [-0.1, -0.05) is 54.8 Å². The Balaban J connectivity index is 0.00000400. The van der Waals surface area contributed by atoms with Gasteiger partial charge in [0.25, 0.3) is 0 Å². The maximum atomic E-state index is 12.2. The lowest BCUT2D eigenvalue weighted by molar-refractivity contribution is 0.0963. The summed E-state index contributed by atoms with van der Waals surface area (Å²) in [6.45, 7) is 7.54. The number of benzene rings is 1. The van der Waals surface area contributed by atoms with Crippen LogP contribution in [0, 0.1) is 0 Å². The average Bonchev–Trinajstić information content (AvgIpc) is 2.47. The molecule has 1 aromatic rings. The van der Waals surface area contributed by atoms with Crippen molar-refractivity contribution in [3.05, 3.63) is 34.3 Å². The fourth-order valence-corrected chi connectivity index (χ4v) is 2.40. The van der Waals surface area contributed by atoms with Crippen LogP contribution in [-0.2, 0) is 0 Å². The summed E-state index contributed by atoms with van der Waals surface area (Å²) >= 11 is 3.39. The molecule has 0 N–H and O–H groups in total. The van der Waals surface area contributed by atoms with Crippen LogP contribution < -0.4 is 0 Å². The van der Waals surface area contributed by atoms with E-state index in [1.54, 1.807) is 0 Å². The molecule has 0 fully saturated rings. The van der Waals surface area contributed by atoms with Crippen molar-refractivity contribution in [2.75, 3.05) is 19.6 Å². The van der Waals surface area contributed by atoms with Crippen LogP contribution in [0.4, 0.5) is 0 Å². The lowest BCUT2D eigenvalue weighted by Gasteiger charge is -2.21. The minimum atomic E-state index is 0. The molecular weight excluding hydrogens is 350 g/mol. The fraction of sp³-hybridized carbons (Fsp3) is 0.588. The topological polar surface area (TPSA) is 20.3 Å². The molecule has 0 spiro atoms. The highest BCUT2D eigenvalue weighted by Gasteiger charge is 2.09. The van der Waals surface area contributed by atoms with Gasteiger partial charge in [0, 0.05) is 23.0 Å². The molecule has 0 bridgehead atoms. The van der Waals surface area contributed by atoms with Gasteiger partial charge >= 0.3 is 0 Å². The predicted molar refractivity (Wildman–Crippen MR) is 96.6 cm³/mol. The molecule has 0 unspecified atom stereocenters. The van der Waals surface area contributed by atoms with Crippen molar-refractivity contribution in [1.82, 2.24) is 4.90 Å². The first kappa shape index (κ1) is 20.6. The van der Waals surface area contributed by atoms with Gasteiger partial charge in [-0.2, -0.15) is 0 Å². The number of hydrogen-bond acceptors (Lipinski definition) is 2. The third kappa shape index (κ3) is 8.60. The zero-order valence-electron chi connectivity index (χ0n) is 13.1. The summed E-state index contributed by atoms with van der Waals surface area (Å²) in [4.78, 5) is 14.6. The first-order valence-corrected chi connectivity index (χ1v) is 8.47. The summed E-state index contributed by atoms with van der Waals surface area (Å²) in [5.41, 5.74) is 0.819. The molecule has 4 heteroatoms. The first-order valence-electron chi connectivity index (χ1n) is 7.68. The Labute approximate surface area is 143 Å². The molecule has 1 rings (SSSR count). The zero-order chi connectivity index (χ0) is 14.8. The quantitative estimate of drug-likeness (QED) is 0.513. The second-order valence-electron chi connectivity index (χ2n) is 5.23. The Morgan fingerprint density at radius 2 is 1.52 bits per heavy atom. The van der Waals surface area contributed by atoms with E-state index in [0.29, 0.717) is 6.42 Å². The Morgan fingerprint density at radius 3 is 2.00 bits per heavy atom. The van der Waals surface area contributed by atoms with Gasteiger partial charge in [0.1, 0.15) is 0 Å². The summed E-state index contributed by atoms with van der Waals surface area (Å²) in [5, 5.41) is 0. The fourth-order valence-electron chi connectivity index (χ4n) is 2.14. The van der Waals surface area contributed by atoms with Gasteiger partial charge in [-0.3, -0.25) is 4.79 Å². The number of rotatable bonds is 10. The van der Waals surface area contributed by atoms with Crippen LogP contribution in [0.15, 0.2) is 28.7 Å². The van der Waals surface area contributed by atoms with Gasteiger partial charge in [0.15, 0.2) is 5.78 Å². The van der Waals surface area contributed by atoms with E-state index in [0.717, 1.165) is 29.7 Å². The Hall–Kier alpha value is -0.380. The largest absolute Gasteiger partial charge is 0.303 e. The minimum absolute atomic E-state index is 0. The number of Topliss-reactive ketones (excluding diaryl/α,β-unsaturated/α-hetero) is 1. The number of ketones is 1. The van der Waals surface area contributed by atoms with E-state index in [9.17, 15) is 4.79 Å². The van der Waals surface area contributed by atoms with Crippen molar-refractivity contribution in [1.29, 1.82) is 0 Å². The third-order valence-corrected chi connectivity index (χ3v) is 4.01. The van der Waals surface area contributed by atoms with E-state index in [2.05, 4.69) is 34.7 Å². The van der Waals surface area contributed by atoms with E-state index >= 15 is 0 Å². The van der Waals surface area contributed by atoms with Gasteiger partial charge in [-0.25, -0.2) is 0 Å². The second kappa shape index (κ2) is 12.2. The Bertz CT molecular complexity index is 386. The van der Waals surface area contributed by atoms with Gasteiger partial charge in [0.2, 0.25) is 0 Å². The lowest BCUT2D eigenvalue weighted by atomic mass is 10.1. The van der Waals surface area contributed by atoms with E-state index in [1.165, 1.54) is 25.7 Å². The third-order valence-electron chi connectivity index (χ3n) is 3.48. The molecule has 1 aromatic carbocycles. The van der Waals surface area contributed by atoms with Crippen molar-refractivity contribution in [2.45, 2.75) is 46.0 Å². The number of hydrogen-bond donors (Lipinski definition) is 0. The van der Waals surface area contributed by atoms with E-state index in [1.807, 2.05) is 24.3 Å². The van der Waals surface area contributed by atoms with Crippen LogP contribution in [0.2, 0.25) is 0 Å². The highest BCUT2D eigenvalue weighted by atomic mass is 79.9. The Morgan fingerprint density at radius 1 is 1.00 bits per heavy atom. The van der Waals surface area contributed by atoms with Crippen LogP contribution >= 0.6 is 28.3 Å². The molecule has 0 saturated heterocycles. The number of halogens is 2. The maximum Gasteiger partial charge on any atom is 0.164 e. The van der Waals surface area contributed by atoms with Gasteiger partial charge in [0.05, 0.1) is 0 Å². The standard InChI is InChI=1S/C17H26BrNO.ClH/c1-3-5-12-19(13-6-4-2)14-11-17(20)15-7-9-16(18)10-8-15;/h7-10H,3-6,11-14H2,1-2H3;1H. The molecule has 0 heterocycles. The number of carbonyl (C=O) groups is 1. The van der Waals surface area contributed by atoms with Crippen LogP contribution in [-0.4, -0.2) is 30.3 Å². The zero-order valence-corrected chi connectivity index (χ0v) is 15.5. The summed E-state index contributed by atoms with van der Waals surface area (Å²) in [6, 6.07) is 7.65. The van der Waals surface area contributed by atoms with Crippen molar-refractivity contribution >= 4 is 34.1 Å². The number of carbonyl (C=O) groups excluding carboxylic acids is 1. The molecule has 2 nitrogen and oxygen atoms in total. The molecule has 21 heavy (non-hydrogen) atoms. The summed E-state index contributed by atoms with van der Waals surface area (Å²) in [5.74, 6) is 0.246. The molecule has 0 aliphatic heterocycles. The molecule has 0 aliphatic carbocycles. The van der Waals surface area contributed by atoms with Crippen LogP contribution in [0.5, 0.6) is 0 Å². The number of nitrogens with zero attached hydrogens (tertiary/aromatic N) is 1. The SMILES string of the molecule is CCCCN(CCCC)CCC(=O)c1ccc(Br)cc1.Cl. The molecule has 0 amide bonds. The van der Waals surface area contributed by atoms with Crippen molar-refractivity contribution in [3.63, 3.8) is 0 Å². The lowest BCUT2D eigenvalue weighted by Crippen LogP contribution is -2.28. The molecule has 0 saturated carbocycles. The second-order valence-corrected chi connectivity index (χ2v) is 6.14. The molecule has 0 aliphatic rings. The van der Waals surface area contributed by atoms with E-state index in [-0.39, 0.29) is 18.2 Å². The average molecular weight is 377 g/mol. The highest BCUT2D eigenvalue weighted by Crippen LogP contribution is 2.12. The summed E-state index contributed by atoms with van der Waals surface area (Å²) < 4.78 is 1.02. The van der Waals surface area contributed by atoms with E-state index < -0.39 is 0 Å². The first-order chi connectivity index (χ1) is 9.67. The van der Waals surface area contributed by atoms with Gasteiger partial charge in [-0.05, 0) is 38.1 Å². The van der Waals surface area contributed by atoms with E-state index in [4.69, 9.17) is 0 Å². The smallest absolute Gasteiger partial charge is 0.164 e. The van der Waals surface area contributed by atoms with Gasteiger partial charge < -0.3 is 4.90 Å². The van der Waals surface area contributed by atoms with Crippen molar-refractivity contribution in [2.24, 2.45) is 0 Å². The number of unbranched alkanes of at least 4 members (excludes halogenated alkanes) is 2. The van der Waals surface area contributed by atoms with Crippen LogP contribution in [0.3, 0.4) is 0 Å². The molecule has 0 atom stereocenters. The van der Waals surface area contributed by atoms with Crippen LogP contribution in [0.1, 0.15) is 56.3 Å². The molecule has 0 radical (unpaired) electrons. The molecular formula is C17H27BrClNO. The predicted octanol–water partition coefficient (Wildman–Crippen LogP) is 5.35. The normalized spacial score (nSPS) is 10.5. The highest BCUT2D eigenvalue weighted by molar-refractivity contribution is 9.10. The maximum absolute atomic E-state index is 12.2. The van der Waals surface area contributed by atoms with Crippen molar-refractivity contribution in [3.8, 4) is 0 Å². The summed E-state index contributed by atoms with van der Waals surface area (Å²) in [6.07, 6.45) is 5.48. The van der Waals surface area contributed by atoms with Crippen LogP contribution in [0.25, 0.3) is 0 Å². The minimum Gasteiger partial charge on any atom is -0.303 e. The Kier molecular flexibility index (Phi) is 12.0. The molecule has 120 valence electrons. The summed E-state index contributed by atoms with van der Waals surface area (Å²) in [7, 11) is 0. The molecule has 0 aromatic heterocycles. The monoisotopic (exact) mass is 375 g/mol. The van der Waals surface area contributed by atoms with Crippen molar-refractivity contribution < 1.29 is 4.79 Å². The van der Waals surface area contributed by atoms with Gasteiger partial charge in [-0.15, -0.1) is 12.4 Å².